The van der Waals surface area contributed by atoms with Crippen LogP contribution in [0.5, 0.6) is 0 Å². The van der Waals surface area contributed by atoms with Gasteiger partial charge in [0.25, 0.3) is 0 Å². The van der Waals surface area contributed by atoms with Crippen molar-refractivity contribution >= 4 is 23.5 Å². The van der Waals surface area contributed by atoms with Gasteiger partial charge in [-0.3, -0.25) is 4.99 Å². The van der Waals surface area contributed by atoms with Crippen LogP contribution in [0, 0.1) is 12.3 Å². The number of hydrogen-bond donors (Lipinski definition) is 1. The van der Waals surface area contributed by atoms with Gasteiger partial charge in [-0.25, -0.2) is 0 Å². The Bertz CT molecular complexity index is 611. The predicted octanol–water partition coefficient (Wildman–Crippen LogP) is 3.54. The second kappa shape index (κ2) is 7.68. The third-order valence-corrected chi connectivity index (χ3v) is 3.67. The summed E-state index contributed by atoms with van der Waals surface area (Å²) < 4.78 is 5.61. The Morgan fingerprint density at radius 2 is 2.14 bits per heavy atom. The van der Waals surface area contributed by atoms with E-state index in [0.717, 1.165) is 16.8 Å². The molecule has 0 fully saturated rings. The molecule has 2 N–H and O–H groups in total. The van der Waals surface area contributed by atoms with Crippen molar-refractivity contribution in [2.75, 3.05) is 6.61 Å². The molecule has 1 atom stereocenters. The Morgan fingerprint density at radius 3 is 2.81 bits per heavy atom. The Hall–Kier alpha value is -2.02. The molecule has 2 rings (SSSR count). The molecule has 1 aromatic rings. The van der Waals surface area contributed by atoms with Crippen LogP contribution in [0.3, 0.4) is 0 Å². The zero-order valence-corrected chi connectivity index (χ0v) is 12.4. The first-order valence-corrected chi connectivity index (χ1v) is 7.06. The van der Waals surface area contributed by atoms with Crippen LogP contribution in [0.4, 0.5) is 5.69 Å². The first-order valence-electron chi connectivity index (χ1n) is 6.68. The molecule has 0 bridgehead atoms. The smallest absolute Gasteiger partial charge is 0.107 e. The van der Waals surface area contributed by atoms with Crippen LogP contribution in [-0.4, -0.2) is 18.9 Å². The Balaban J connectivity index is 2.19. The number of aliphatic imine (C=N–C) groups is 1. The van der Waals surface area contributed by atoms with Crippen LogP contribution in [0.1, 0.15) is 12.8 Å². The summed E-state index contributed by atoms with van der Waals surface area (Å²) in [5.74, 6) is 2.48. The minimum Gasteiger partial charge on any atom is -0.404 e. The number of para-hydroxylation sites is 1. The Morgan fingerprint density at radius 1 is 1.38 bits per heavy atom. The number of terminal acetylenes is 1. The lowest BCUT2D eigenvalue weighted by Crippen LogP contribution is -2.21. The molecule has 0 aromatic heterocycles. The van der Waals surface area contributed by atoms with Crippen molar-refractivity contribution < 1.29 is 4.74 Å². The van der Waals surface area contributed by atoms with Gasteiger partial charge in [-0.1, -0.05) is 35.7 Å². The van der Waals surface area contributed by atoms with E-state index in [2.05, 4.69) is 10.9 Å². The van der Waals surface area contributed by atoms with Crippen molar-refractivity contribution in [2.24, 2.45) is 10.7 Å². The minimum atomic E-state index is -0.0180. The summed E-state index contributed by atoms with van der Waals surface area (Å²) in [6, 6.07) is 9.69. The maximum atomic E-state index is 6.36. The van der Waals surface area contributed by atoms with E-state index in [0.29, 0.717) is 17.9 Å². The number of nitrogens with zero attached hydrogens (tertiary/aromatic N) is 1. The second-order valence-corrected chi connectivity index (χ2v) is 5.05. The Labute approximate surface area is 130 Å². The molecule has 3 nitrogen and oxygen atoms in total. The van der Waals surface area contributed by atoms with E-state index in [9.17, 15) is 0 Å². The maximum Gasteiger partial charge on any atom is 0.107 e. The minimum absolute atomic E-state index is 0.0180. The van der Waals surface area contributed by atoms with E-state index in [1.54, 1.807) is 6.21 Å². The van der Waals surface area contributed by atoms with Gasteiger partial charge in [0, 0.05) is 19.1 Å². The monoisotopic (exact) mass is 300 g/mol. The lowest BCUT2D eigenvalue weighted by atomic mass is 9.93. The fraction of sp³-hybridized carbons (Fsp3) is 0.235. The molecular weight excluding hydrogens is 284 g/mol. The zero-order valence-electron chi connectivity index (χ0n) is 11.6. The van der Waals surface area contributed by atoms with Crippen LogP contribution < -0.4 is 5.73 Å². The average Bonchev–Trinajstić information content (AvgIpc) is 2.53. The largest absolute Gasteiger partial charge is 0.404 e. The number of hydrogen-bond acceptors (Lipinski definition) is 3. The van der Waals surface area contributed by atoms with E-state index >= 15 is 0 Å². The normalized spacial score (nSPS) is 21.0. The molecule has 0 heterocycles. The highest BCUT2D eigenvalue weighted by Gasteiger charge is 2.23. The molecule has 0 saturated carbocycles. The summed E-state index contributed by atoms with van der Waals surface area (Å²) in [5, 5.41) is 0.651. The average molecular weight is 301 g/mol. The highest BCUT2D eigenvalue weighted by Crippen LogP contribution is 2.33. The number of nitrogens with two attached hydrogens (primary N) is 1. The molecule has 1 unspecified atom stereocenters. The molecule has 0 spiro atoms. The zero-order chi connectivity index (χ0) is 15.1. The molecule has 1 aliphatic rings. The van der Waals surface area contributed by atoms with E-state index < -0.39 is 0 Å². The predicted molar refractivity (Wildman–Crippen MR) is 87.6 cm³/mol. The summed E-state index contributed by atoms with van der Waals surface area (Å²) in [6.07, 6.45) is 9.84. The van der Waals surface area contributed by atoms with Gasteiger partial charge in [-0.05, 0) is 29.5 Å². The summed E-state index contributed by atoms with van der Waals surface area (Å²) >= 11 is 6.36. The van der Waals surface area contributed by atoms with E-state index in [-0.39, 0.29) is 12.7 Å². The van der Waals surface area contributed by atoms with E-state index in [1.165, 1.54) is 6.20 Å². The number of allylic oxidation sites excluding steroid dienone is 1. The van der Waals surface area contributed by atoms with Gasteiger partial charge in [0.05, 0.1) is 16.8 Å². The molecule has 1 aromatic carbocycles. The Kier molecular flexibility index (Phi) is 5.62. The van der Waals surface area contributed by atoms with E-state index in [4.69, 9.17) is 28.5 Å². The molecule has 0 radical (unpaired) electrons. The molecule has 1 aliphatic carbocycles. The van der Waals surface area contributed by atoms with Crippen molar-refractivity contribution in [1.82, 2.24) is 0 Å². The lowest BCUT2D eigenvalue weighted by Gasteiger charge is -2.24. The van der Waals surface area contributed by atoms with Gasteiger partial charge in [-0.15, -0.1) is 6.42 Å². The summed E-state index contributed by atoms with van der Waals surface area (Å²) in [7, 11) is 0. The number of ether oxygens (including phenoxy) is 1. The molecule has 0 amide bonds. The third kappa shape index (κ3) is 4.22. The quantitative estimate of drug-likeness (QED) is 0.683. The number of benzene rings is 1. The molecule has 21 heavy (non-hydrogen) atoms. The summed E-state index contributed by atoms with van der Waals surface area (Å²) in [4.78, 5) is 4.43. The maximum absolute atomic E-state index is 6.36. The highest BCUT2D eigenvalue weighted by atomic mass is 35.5. The molecular formula is C17H17ClN2O. The van der Waals surface area contributed by atoms with Crippen LogP contribution in [-0.2, 0) is 4.74 Å². The number of rotatable bonds is 4. The first kappa shape index (κ1) is 15.4. The second-order valence-electron chi connectivity index (χ2n) is 4.67. The topological polar surface area (TPSA) is 47.6 Å². The van der Waals surface area contributed by atoms with Gasteiger partial charge in [0.2, 0.25) is 0 Å². The standard InChI is InChI=1S/C17H17ClN2O/c1-2-8-21-16-9-13(11-19)17(18)14(10-16)12-20-15-6-4-3-5-7-15/h1,3-7,11-12,16H,8-10,19H2/b13-11+,20-12+. The summed E-state index contributed by atoms with van der Waals surface area (Å²) in [5.41, 5.74) is 8.28. The van der Waals surface area contributed by atoms with Crippen molar-refractivity contribution in [3.63, 3.8) is 0 Å². The van der Waals surface area contributed by atoms with Crippen LogP contribution in [0.25, 0.3) is 0 Å². The summed E-state index contributed by atoms with van der Waals surface area (Å²) in [6.45, 7) is 0.281. The van der Waals surface area contributed by atoms with Gasteiger partial charge < -0.3 is 10.5 Å². The number of halogens is 1. The molecule has 0 saturated heterocycles. The molecule has 108 valence electrons. The van der Waals surface area contributed by atoms with Gasteiger partial charge in [0.1, 0.15) is 6.61 Å². The van der Waals surface area contributed by atoms with Crippen molar-refractivity contribution in [2.45, 2.75) is 18.9 Å². The fourth-order valence-electron chi connectivity index (χ4n) is 2.15. The van der Waals surface area contributed by atoms with E-state index in [1.807, 2.05) is 30.3 Å². The third-order valence-electron chi connectivity index (χ3n) is 3.19. The molecule has 0 aliphatic heterocycles. The first-order chi connectivity index (χ1) is 10.2. The van der Waals surface area contributed by atoms with Crippen molar-refractivity contribution in [3.05, 3.63) is 52.7 Å². The lowest BCUT2D eigenvalue weighted by molar-refractivity contribution is 0.0778. The van der Waals surface area contributed by atoms with Gasteiger partial charge in [-0.2, -0.15) is 0 Å². The van der Waals surface area contributed by atoms with Crippen LogP contribution >= 0.6 is 11.6 Å². The van der Waals surface area contributed by atoms with Crippen molar-refractivity contribution in [1.29, 1.82) is 0 Å². The van der Waals surface area contributed by atoms with Gasteiger partial charge in [0.15, 0.2) is 0 Å². The molecule has 4 heteroatoms. The van der Waals surface area contributed by atoms with Crippen molar-refractivity contribution in [3.8, 4) is 12.3 Å². The SMILES string of the molecule is C#CCOC1CC(/C=N/c2ccccc2)=C(Cl)C(=C/N)/C1. The fourth-order valence-corrected chi connectivity index (χ4v) is 2.42. The van der Waals surface area contributed by atoms with Crippen LogP contribution in [0.2, 0.25) is 0 Å². The van der Waals surface area contributed by atoms with Crippen LogP contribution in [0.15, 0.2) is 57.7 Å². The highest BCUT2D eigenvalue weighted by molar-refractivity contribution is 6.33. The van der Waals surface area contributed by atoms with Gasteiger partial charge >= 0.3 is 0 Å².